The van der Waals surface area contributed by atoms with Crippen molar-refractivity contribution in [1.29, 1.82) is 0 Å². The molecule has 2 aromatic carbocycles. The minimum Gasteiger partial charge on any atom is -0.396 e. The summed E-state index contributed by atoms with van der Waals surface area (Å²) in [5.41, 5.74) is 4.65. The van der Waals surface area contributed by atoms with Crippen molar-refractivity contribution in [3.05, 3.63) is 70.8 Å². The van der Waals surface area contributed by atoms with Crippen molar-refractivity contribution in [3.8, 4) is 0 Å². The predicted octanol–water partition coefficient (Wildman–Crippen LogP) is 2.92. The predicted molar refractivity (Wildman–Crippen MR) is 99.4 cm³/mol. The highest BCUT2D eigenvalue weighted by molar-refractivity contribution is 5.94. The summed E-state index contributed by atoms with van der Waals surface area (Å²) < 4.78 is 0. The van der Waals surface area contributed by atoms with Crippen molar-refractivity contribution in [2.24, 2.45) is 0 Å². The fourth-order valence-corrected chi connectivity index (χ4v) is 3.72. The molecular formula is C21H26N2O2. The zero-order valence-corrected chi connectivity index (χ0v) is 14.7. The number of aliphatic hydroxyl groups excluding tert-OH is 1. The van der Waals surface area contributed by atoms with E-state index in [4.69, 9.17) is 0 Å². The lowest BCUT2D eigenvalue weighted by Crippen LogP contribution is -2.29. The maximum Gasteiger partial charge on any atom is 0.251 e. The van der Waals surface area contributed by atoms with E-state index >= 15 is 0 Å². The molecule has 3 rings (SSSR count). The second kappa shape index (κ2) is 8.28. The second-order valence-corrected chi connectivity index (χ2v) is 6.58. The number of hydrogen-bond acceptors (Lipinski definition) is 3. The van der Waals surface area contributed by atoms with Gasteiger partial charge in [-0.25, -0.2) is 0 Å². The number of aryl methyl sites for hydroxylation is 1. The van der Waals surface area contributed by atoms with Gasteiger partial charge in [-0.05, 0) is 48.1 Å². The SMILES string of the molecule is CNC(=O)c1cccc(CN(CCCO)C2CCc3ccccc32)c1. The molecule has 1 aliphatic carbocycles. The number of rotatable bonds is 7. The van der Waals surface area contributed by atoms with Gasteiger partial charge in [-0.1, -0.05) is 36.4 Å². The Labute approximate surface area is 149 Å². The van der Waals surface area contributed by atoms with Crippen LogP contribution < -0.4 is 5.32 Å². The van der Waals surface area contributed by atoms with Crippen molar-refractivity contribution >= 4 is 5.91 Å². The molecule has 1 unspecified atom stereocenters. The summed E-state index contributed by atoms with van der Waals surface area (Å²) in [7, 11) is 1.65. The van der Waals surface area contributed by atoms with E-state index in [-0.39, 0.29) is 12.5 Å². The smallest absolute Gasteiger partial charge is 0.251 e. The highest BCUT2D eigenvalue weighted by atomic mass is 16.3. The van der Waals surface area contributed by atoms with E-state index in [1.807, 2.05) is 18.2 Å². The molecule has 0 fully saturated rings. The van der Waals surface area contributed by atoms with E-state index in [1.54, 1.807) is 7.05 Å². The molecule has 0 aromatic heterocycles. The first-order valence-corrected chi connectivity index (χ1v) is 8.96. The fourth-order valence-electron chi connectivity index (χ4n) is 3.72. The van der Waals surface area contributed by atoms with Crippen LogP contribution >= 0.6 is 0 Å². The second-order valence-electron chi connectivity index (χ2n) is 6.58. The van der Waals surface area contributed by atoms with E-state index in [1.165, 1.54) is 11.1 Å². The lowest BCUT2D eigenvalue weighted by molar-refractivity contribution is 0.0963. The van der Waals surface area contributed by atoms with Crippen molar-refractivity contribution < 1.29 is 9.90 Å². The Kier molecular flexibility index (Phi) is 5.84. The molecule has 0 bridgehead atoms. The number of carbonyl (C=O) groups excluding carboxylic acids is 1. The number of aliphatic hydroxyl groups is 1. The number of nitrogens with one attached hydrogen (secondary N) is 1. The van der Waals surface area contributed by atoms with Crippen molar-refractivity contribution in [2.75, 3.05) is 20.2 Å². The van der Waals surface area contributed by atoms with E-state index in [2.05, 4.69) is 40.5 Å². The van der Waals surface area contributed by atoms with Crippen LogP contribution in [0.1, 0.15) is 45.9 Å². The average Bonchev–Trinajstić information content (AvgIpc) is 3.08. The maximum absolute atomic E-state index is 11.9. The summed E-state index contributed by atoms with van der Waals surface area (Å²) in [5, 5.41) is 12.0. The minimum atomic E-state index is -0.0602. The van der Waals surface area contributed by atoms with Gasteiger partial charge in [-0.3, -0.25) is 9.69 Å². The van der Waals surface area contributed by atoms with Crippen LogP contribution in [-0.2, 0) is 13.0 Å². The molecule has 0 aliphatic heterocycles. The van der Waals surface area contributed by atoms with Gasteiger partial charge in [0.15, 0.2) is 0 Å². The van der Waals surface area contributed by atoms with E-state index < -0.39 is 0 Å². The van der Waals surface area contributed by atoms with Gasteiger partial charge in [0.2, 0.25) is 0 Å². The van der Waals surface area contributed by atoms with Gasteiger partial charge >= 0.3 is 0 Å². The number of hydrogen-bond donors (Lipinski definition) is 2. The standard InChI is InChI=1S/C21H26N2O2/c1-22-21(25)18-8-4-6-16(14-18)15-23(12-5-13-24)20-11-10-17-7-2-3-9-19(17)20/h2-4,6-9,14,20,24H,5,10-13,15H2,1H3,(H,22,25). The van der Waals surface area contributed by atoms with Gasteiger partial charge in [0, 0.05) is 38.3 Å². The first kappa shape index (κ1) is 17.6. The molecule has 0 saturated carbocycles. The number of carbonyl (C=O) groups is 1. The number of fused-ring (bicyclic) bond motifs is 1. The molecule has 0 radical (unpaired) electrons. The molecule has 2 N–H and O–H groups in total. The first-order chi connectivity index (χ1) is 12.2. The first-order valence-electron chi connectivity index (χ1n) is 8.96. The van der Waals surface area contributed by atoms with Gasteiger partial charge in [0.1, 0.15) is 0 Å². The molecule has 1 atom stereocenters. The molecule has 4 heteroatoms. The minimum absolute atomic E-state index is 0.0602. The van der Waals surface area contributed by atoms with E-state index in [0.29, 0.717) is 11.6 Å². The van der Waals surface area contributed by atoms with Crippen LogP contribution in [0.15, 0.2) is 48.5 Å². The van der Waals surface area contributed by atoms with Crippen molar-refractivity contribution in [1.82, 2.24) is 10.2 Å². The Morgan fingerprint density at radius 2 is 2.08 bits per heavy atom. The zero-order chi connectivity index (χ0) is 17.6. The van der Waals surface area contributed by atoms with Crippen molar-refractivity contribution in [2.45, 2.75) is 31.8 Å². The molecular weight excluding hydrogens is 312 g/mol. The molecule has 1 aliphatic rings. The fraction of sp³-hybridized carbons (Fsp3) is 0.381. The third-order valence-electron chi connectivity index (χ3n) is 4.95. The summed E-state index contributed by atoms with van der Waals surface area (Å²) in [4.78, 5) is 14.3. The molecule has 1 amide bonds. The number of amides is 1. The maximum atomic E-state index is 11.9. The molecule has 0 spiro atoms. The van der Waals surface area contributed by atoms with Gasteiger partial charge in [0.05, 0.1) is 0 Å². The summed E-state index contributed by atoms with van der Waals surface area (Å²) >= 11 is 0. The topological polar surface area (TPSA) is 52.6 Å². The van der Waals surface area contributed by atoms with Crippen LogP contribution in [0.3, 0.4) is 0 Å². The van der Waals surface area contributed by atoms with Crippen LogP contribution in [0.2, 0.25) is 0 Å². The van der Waals surface area contributed by atoms with Gasteiger partial charge in [0.25, 0.3) is 5.91 Å². The molecule has 132 valence electrons. The van der Waals surface area contributed by atoms with E-state index in [0.717, 1.165) is 37.9 Å². The van der Waals surface area contributed by atoms with Gasteiger partial charge < -0.3 is 10.4 Å². The van der Waals surface area contributed by atoms with Crippen LogP contribution in [-0.4, -0.2) is 36.1 Å². The zero-order valence-electron chi connectivity index (χ0n) is 14.7. The Balaban J connectivity index is 1.81. The van der Waals surface area contributed by atoms with Gasteiger partial charge in [-0.15, -0.1) is 0 Å². The Morgan fingerprint density at radius 1 is 1.24 bits per heavy atom. The highest BCUT2D eigenvalue weighted by Crippen LogP contribution is 2.36. The molecule has 4 nitrogen and oxygen atoms in total. The van der Waals surface area contributed by atoms with E-state index in [9.17, 15) is 9.90 Å². The summed E-state index contributed by atoms with van der Waals surface area (Å²) in [6.45, 7) is 1.83. The van der Waals surface area contributed by atoms with Crippen LogP contribution in [0.25, 0.3) is 0 Å². The quantitative estimate of drug-likeness (QED) is 0.816. The Hall–Kier alpha value is -2.17. The van der Waals surface area contributed by atoms with Gasteiger partial charge in [-0.2, -0.15) is 0 Å². The molecule has 0 saturated heterocycles. The Morgan fingerprint density at radius 3 is 2.88 bits per heavy atom. The number of benzene rings is 2. The monoisotopic (exact) mass is 338 g/mol. The summed E-state index contributed by atoms with van der Waals surface area (Å²) in [6, 6.07) is 16.8. The molecule has 25 heavy (non-hydrogen) atoms. The third kappa shape index (κ3) is 4.09. The average molecular weight is 338 g/mol. The summed E-state index contributed by atoms with van der Waals surface area (Å²) in [5.74, 6) is -0.0602. The molecule has 2 aromatic rings. The van der Waals surface area contributed by atoms with Crippen LogP contribution in [0, 0.1) is 0 Å². The third-order valence-corrected chi connectivity index (χ3v) is 4.95. The molecule has 0 heterocycles. The lowest BCUT2D eigenvalue weighted by Gasteiger charge is -2.29. The highest BCUT2D eigenvalue weighted by Gasteiger charge is 2.27. The summed E-state index contributed by atoms with van der Waals surface area (Å²) in [6.07, 6.45) is 2.97. The Bertz CT molecular complexity index is 729. The number of nitrogens with zero attached hydrogens (tertiary/aromatic N) is 1. The lowest BCUT2D eigenvalue weighted by atomic mass is 10.0. The van der Waals surface area contributed by atoms with Crippen LogP contribution in [0.5, 0.6) is 0 Å². The normalized spacial score (nSPS) is 16.0. The van der Waals surface area contributed by atoms with Crippen molar-refractivity contribution in [3.63, 3.8) is 0 Å². The largest absolute Gasteiger partial charge is 0.396 e. The van der Waals surface area contributed by atoms with Crippen LogP contribution in [0.4, 0.5) is 0 Å².